The maximum absolute atomic E-state index is 13.0. The second kappa shape index (κ2) is 10.6. The number of anilines is 1. The standard InChI is InChI=1S/C25H32N4O4/c1-32-22-9-8-21(18-23(22)33-2)29-17-16-28(25(29)31)19-24(30)27-14-12-26(13-15-27)11-10-20-6-4-3-5-7-20/h3-9,18H,10-17,19H2,1-2H3. The zero-order chi connectivity index (χ0) is 23.2. The molecule has 0 radical (unpaired) electrons. The summed E-state index contributed by atoms with van der Waals surface area (Å²) in [5.74, 6) is 1.20. The molecule has 2 saturated heterocycles. The van der Waals surface area contributed by atoms with Gasteiger partial charge in [-0.3, -0.25) is 14.6 Å². The Hall–Kier alpha value is -3.26. The van der Waals surface area contributed by atoms with Crippen molar-refractivity contribution in [2.45, 2.75) is 6.42 Å². The average molecular weight is 453 g/mol. The summed E-state index contributed by atoms with van der Waals surface area (Å²) in [7, 11) is 3.15. The highest BCUT2D eigenvalue weighted by Crippen LogP contribution is 2.32. The molecule has 0 saturated carbocycles. The molecule has 0 bridgehead atoms. The number of amides is 3. The van der Waals surface area contributed by atoms with Gasteiger partial charge in [-0.2, -0.15) is 0 Å². The number of piperazine rings is 1. The van der Waals surface area contributed by atoms with E-state index in [4.69, 9.17) is 9.47 Å². The van der Waals surface area contributed by atoms with Gasteiger partial charge in [0.05, 0.1) is 14.2 Å². The van der Waals surface area contributed by atoms with Crippen molar-refractivity contribution >= 4 is 17.6 Å². The number of urea groups is 1. The molecule has 0 N–H and O–H groups in total. The first-order valence-corrected chi connectivity index (χ1v) is 11.4. The number of rotatable bonds is 8. The Kier molecular flexibility index (Phi) is 7.34. The van der Waals surface area contributed by atoms with Gasteiger partial charge in [0.15, 0.2) is 11.5 Å². The highest BCUT2D eigenvalue weighted by Gasteiger charge is 2.33. The van der Waals surface area contributed by atoms with Crippen LogP contribution in [0.25, 0.3) is 0 Å². The van der Waals surface area contributed by atoms with Crippen molar-refractivity contribution in [2.24, 2.45) is 0 Å². The van der Waals surface area contributed by atoms with Crippen LogP contribution in [0.3, 0.4) is 0 Å². The molecule has 2 fully saturated rings. The number of hydrogen-bond acceptors (Lipinski definition) is 5. The summed E-state index contributed by atoms with van der Waals surface area (Å²) in [4.78, 5) is 33.4. The first-order chi connectivity index (χ1) is 16.1. The van der Waals surface area contributed by atoms with Gasteiger partial charge < -0.3 is 19.3 Å². The summed E-state index contributed by atoms with van der Waals surface area (Å²) in [6.07, 6.45) is 1.02. The van der Waals surface area contributed by atoms with Gasteiger partial charge in [0.2, 0.25) is 5.91 Å². The lowest BCUT2D eigenvalue weighted by atomic mass is 10.1. The number of nitrogens with zero attached hydrogens (tertiary/aromatic N) is 4. The van der Waals surface area contributed by atoms with E-state index in [1.165, 1.54) is 5.56 Å². The normalized spacial score (nSPS) is 16.9. The summed E-state index contributed by atoms with van der Waals surface area (Å²) in [6.45, 7) is 5.31. The van der Waals surface area contributed by atoms with Crippen LogP contribution in [0, 0.1) is 0 Å². The monoisotopic (exact) mass is 452 g/mol. The molecule has 2 aliphatic heterocycles. The molecule has 8 heteroatoms. The molecule has 0 aliphatic carbocycles. The highest BCUT2D eigenvalue weighted by molar-refractivity contribution is 5.96. The molecule has 4 rings (SSSR count). The number of carbonyl (C=O) groups excluding carboxylic acids is 2. The van der Waals surface area contributed by atoms with Crippen LogP contribution in [0.5, 0.6) is 11.5 Å². The van der Waals surface area contributed by atoms with E-state index < -0.39 is 0 Å². The smallest absolute Gasteiger partial charge is 0.325 e. The molecule has 0 unspecified atom stereocenters. The maximum Gasteiger partial charge on any atom is 0.325 e. The number of ether oxygens (including phenoxy) is 2. The number of benzene rings is 2. The van der Waals surface area contributed by atoms with E-state index in [9.17, 15) is 9.59 Å². The second-order valence-electron chi connectivity index (χ2n) is 8.35. The summed E-state index contributed by atoms with van der Waals surface area (Å²) >= 11 is 0. The van der Waals surface area contributed by atoms with Crippen molar-refractivity contribution < 1.29 is 19.1 Å². The summed E-state index contributed by atoms with van der Waals surface area (Å²) in [6, 6.07) is 15.7. The van der Waals surface area contributed by atoms with Gasteiger partial charge in [0, 0.05) is 57.6 Å². The molecule has 0 atom stereocenters. The summed E-state index contributed by atoms with van der Waals surface area (Å²) in [5, 5.41) is 0. The lowest BCUT2D eigenvalue weighted by Crippen LogP contribution is -2.51. The van der Waals surface area contributed by atoms with Crippen molar-refractivity contribution in [1.82, 2.24) is 14.7 Å². The molecule has 2 aromatic carbocycles. The Morgan fingerprint density at radius 3 is 2.30 bits per heavy atom. The average Bonchev–Trinajstić information content (AvgIpc) is 3.22. The SMILES string of the molecule is COc1ccc(N2CCN(CC(=O)N3CCN(CCc4ccccc4)CC3)C2=O)cc1OC. The maximum atomic E-state index is 13.0. The fraction of sp³-hybridized carbons (Fsp3) is 0.440. The zero-order valence-electron chi connectivity index (χ0n) is 19.4. The molecule has 0 spiro atoms. The first kappa shape index (κ1) is 22.9. The Labute approximate surface area is 195 Å². The number of hydrogen-bond donors (Lipinski definition) is 0. The minimum absolute atomic E-state index is 0.0141. The van der Waals surface area contributed by atoms with Crippen LogP contribution in [-0.4, -0.2) is 93.2 Å². The zero-order valence-corrected chi connectivity index (χ0v) is 19.4. The molecule has 2 heterocycles. The lowest BCUT2D eigenvalue weighted by molar-refractivity contribution is -0.133. The molecule has 8 nitrogen and oxygen atoms in total. The molecule has 3 amide bonds. The van der Waals surface area contributed by atoms with E-state index in [0.717, 1.165) is 31.7 Å². The van der Waals surface area contributed by atoms with Gasteiger partial charge in [-0.15, -0.1) is 0 Å². The minimum atomic E-state index is -0.155. The van der Waals surface area contributed by atoms with Gasteiger partial charge in [-0.25, -0.2) is 4.79 Å². The molecule has 2 aromatic rings. The van der Waals surface area contributed by atoms with E-state index in [2.05, 4.69) is 29.2 Å². The Bertz CT molecular complexity index is 960. The van der Waals surface area contributed by atoms with Crippen LogP contribution in [0.15, 0.2) is 48.5 Å². The van der Waals surface area contributed by atoms with E-state index in [1.807, 2.05) is 17.0 Å². The molecular weight excluding hydrogens is 420 g/mol. The quantitative estimate of drug-likeness (QED) is 0.615. The van der Waals surface area contributed by atoms with Gasteiger partial charge in [0.1, 0.15) is 6.54 Å². The van der Waals surface area contributed by atoms with Crippen LogP contribution in [0.2, 0.25) is 0 Å². The van der Waals surface area contributed by atoms with Crippen LogP contribution < -0.4 is 14.4 Å². The van der Waals surface area contributed by atoms with Gasteiger partial charge >= 0.3 is 6.03 Å². The minimum Gasteiger partial charge on any atom is -0.493 e. The van der Waals surface area contributed by atoms with Crippen molar-refractivity contribution in [3.8, 4) is 11.5 Å². The summed E-state index contributed by atoms with van der Waals surface area (Å²) < 4.78 is 10.6. The molecule has 176 valence electrons. The van der Waals surface area contributed by atoms with Gasteiger partial charge in [-0.1, -0.05) is 30.3 Å². The third kappa shape index (κ3) is 5.39. The third-order valence-electron chi connectivity index (χ3n) is 6.38. The number of carbonyl (C=O) groups is 2. The van der Waals surface area contributed by atoms with E-state index in [1.54, 1.807) is 36.2 Å². The van der Waals surface area contributed by atoms with Crippen molar-refractivity contribution in [3.63, 3.8) is 0 Å². The van der Waals surface area contributed by atoms with E-state index in [-0.39, 0.29) is 18.5 Å². The van der Waals surface area contributed by atoms with E-state index in [0.29, 0.717) is 37.7 Å². The van der Waals surface area contributed by atoms with Crippen LogP contribution >= 0.6 is 0 Å². The van der Waals surface area contributed by atoms with E-state index >= 15 is 0 Å². The predicted molar refractivity (Wildman–Crippen MR) is 127 cm³/mol. The van der Waals surface area contributed by atoms with Crippen molar-refractivity contribution in [2.75, 3.05) is 71.5 Å². The largest absolute Gasteiger partial charge is 0.493 e. The molecular formula is C25H32N4O4. The highest BCUT2D eigenvalue weighted by atomic mass is 16.5. The number of methoxy groups -OCH3 is 2. The first-order valence-electron chi connectivity index (χ1n) is 11.4. The second-order valence-corrected chi connectivity index (χ2v) is 8.35. The third-order valence-corrected chi connectivity index (χ3v) is 6.38. The molecule has 2 aliphatic rings. The van der Waals surface area contributed by atoms with Crippen molar-refractivity contribution in [3.05, 3.63) is 54.1 Å². The summed E-state index contributed by atoms with van der Waals surface area (Å²) in [5.41, 5.74) is 2.07. The van der Waals surface area contributed by atoms with Crippen LogP contribution in [0.4, 0.5) is 10.5 Å². The van der Waals surface area contributed by atoms with Crippen LogP contribution in [0.1, 0.15) is 5.56 Å². The lowest BCUT2D eigenvalue weighted by Gasteiger charge is -2.35. The topological polar surface area (TPSA) is 65.6 Å². The fourth-order valence-electron chi connectivity index (χ4n) is 4.38. The fourth-order valence-corrected chi connectivity index (χ4v) is 4.38. The van der Waals surface area contributed by atoms with Gasteiger partial charge in [-0.05, 0) is 24.1 Å². The van der Waals surface area contributed by atoms with Gasteiger partial charge in [0.25, 0.3) is 0 Å². The molecule has 0 aromatic heterocycles. The van der Waals surface area contributed by atoms with Crippen molar-refractivity contribution in [1.29, 1.82) is 0 Å². The molecule has 33 heavy (non-hydrogen) atoms. The predicted octanol–water partition coefficient (Wildman–Crippen LogP) is 2.33. The van der Waals surface area contributed by atoms with Crippen LogP contribution in [-0.2, 0) is 11.2 Å². The Morgan fingerprint density at radius 2 is 1.61 bits per heavy atom. The Morgan fingerprint density at radius 1 is 0.879 bits per heavy atom. The Balaban J connectivity index is 1.26.